The number of sulfonamides is 1. The maximum Gasteiger partial charge on any atom is 0.261 e. The third kappa shape index (κ3) is 5.06. The second-order valence-electron chi connectivity index (χ2n) is 6.46. The lowest BCUT2D eigenvalue weighted by atomic mass is 10.1. The third-order valence-corrected chi connectivity index (χ3v) is 5.32. The molecule has 1 amide bonds. The summed E-state index contributed by atoms with van der Waals surface area (Å²) in [5.74, 6) is -0.295. The van der Waals surface area contributed by atoms with E-state index in [0.29, 0.717) is 24.3 Å². The molecule has 26 heavy (non-hydrogen) atoms. The van der Waals surface area contributed by atoms with E-state index in [0.717, 1.165) is 11.1 Å². The van der Waals surface area contributed by atoms with Gasteiger partial charge in [-0.15, -0.1) is 0 Å². The Kier molecular flexibility index (Phi) is 6.39. The molecule has 2 aromatic carbocycles. The van der Waals surface area contributed by atoms with Gasteiger partial charge in [-0.1, -0.05) is 24.3 Å². The highest BCUT2D eigenvalue weighted by Crippen LogP contribution is 2.23. The predicted molar refractivity (Wildman–Crippen MR) is 104 cm³/mol. The van der Waals surface area contributed by atoms with Crippen LogP contribution in [0.25, 0.3) is 0 Å². The van der Waals surface area contributed by atoms with Gasteiger partial charge in [0.1, 0.15) is 0 Å². The Hall–Kier alpha value is -2.38. The molecule has 0 unspecified atom stereocenters. The van der Waals surface area contributed by atoms with Crippen LogP contribution in [0.4, 0.5) is 5.69 Å². The maximum absolute atomic E-state index is 12.7. The van der Waals surface area contributed by atoms with Gasteiger partial charge >= 0.3 is 0 Å². The van der Waals surface area contributed by atoms with Gasteiger partial charge in [0.05, 0.1) is 10.6 Å². The van der Waals surface area contributed by atoms with E-state index in [9.17, 15) is 13.2 Å². The molecule has 0 aliphatic heterocycles. The van der Waals surface area contributed by atoms with Gasteiger partial charge in [-0.2, -0.15) is 0 Å². The number of nitrogens with one attached hydrogen (secondary N) is 2. The number of likely N-dealkylation sites (N-methyl/N-ethyl adjacent to an activating group) is 1. The Balaban J connectivity index is 2.21. The van der Waals surface area contributed by atoms with E-state index in [4.69, 9.17) is 0 Å². The molecule has 0 saturated carbocycles. The number of carbonyl (C=O) groups is 1. The van der Waals surface area contributed by atoms with Crippen molar-refractivity contribution in [3.8, 4) is 0 Å². The van der Waals surface area contributed by atoms with Crippen molar-refractivity contribution < 1.29 is 13.2 Å². The van der Waals surface area contributed by atoms with Crippen LogP contribution < -0.4 is 10.0 Å². The van der Waals surface area contributed by atoms with Crippen LogP contribution in [-0.2, 0) is 10.0 Å². The molecule has 2 N–H and O–H groups in total. The molecule has 0 atom stereocenters. The van der Waals surface area contributed by atoms with Crippen molar-refractivity contribution in [2.24, 2.45) is 0 Å². The quantitative estimate of drug-likeness (QED) is 0.779. The number of benzene rings is 2. The normalized spacial score (nSPS) is 11.4. The molecule has 0 saturated heterocycles. The van der Waals surface area contributed by atoms with Gasteiger partial charge in [0, 0.05) is 18.7 Å². The standard InChI is InChI=1S/C19H25N3O3S/c1-14-7-5-8-15(2)18(14)21-26(24,25)17-10-6-9-16(13-17)19(23)20-11-12-22(3)4/h5-10,13,21H,11-12H2,1-4H3,(H,20,23). The first kappa shape index (κ1) is 19.9. The van der Waals surface area contributed by atoms with E-state index in [-0.39, 0.29) is 10.8 Å². The Morgan fingerprint density at radius 2 is 1.65 bits per heavy atom. The minimum absolute atomic E-state index is 0.0559. The highest BCUT2D eigenvalue weighted by atomic mass is 32.2. The maximum atomic E-state index is 12.7. The van der Waals surface area contributed by atoms with Crippen LogP contribution >= 0.6 is 0 Å². The highest BCUT2D eigenvalue weighted by molar-refractivity contribution is 7.92. The van der Waals surface area contributed by atoms with Crippen LogP contribution in [0, 0.1) is 13.8 Å². The van der Waals surface area contributed by atoms with E-state index >= 15 is 0 Å². The third-order valence-electron chi connectivity index (χ3n) is 3.97. The number of amides is 1. The highest BCUT2D eigenvalue weighted by Gasteiger charge is 2.18. The summed E-state index contributed by atoms with van der Waals surface area (Å²) >= 11 is 0. The SMILES string of the molecule is Cc1cccc(C)c1NS(=O)(=O)c1cccc(C(=O)NCCN(C)C)c1. The van der Waals surface area contributed by atoms with E-state index in [2.05, 4.69) is 10.0 Å². The number of nitrogens with zero attached hydrogens (tertiary/aromatic N) is 1. The fourth-order valence-corrected chi connectivity index (χ4v) is 3.72. The number of hydrogen-bond acceptors (Lipinski definition) is 4. The molecule has 0 spiro atoms. The molecule has 0 radical (unpaired) electrons. The summed E-state index contributed by atoms with van der Waals surface area (Å²) in [6.07, 6.45) is 0. The van der Waals surface area contributed by atoms with Gasteiger partial charge in [-0.3, -0.25) is 9.52 Å². The molecule has 7 heteroatoms. The van der Waals surface area contributed by atoms with Crippen molar-refractivity contribution in [3.63, 3.8) is 0 Å². The van der Waals surface area contributed by atoms with Gasteiger partial charge in [-0.25, -0.2) is 8.42 Å². The van der Waals surface area contributed by atoms with Crippen molar-refractivity contribution in [1.82, 2.24) is 10.2 Å². The van der Waals surface area contributed by atoms with Crippen molar-refractivity contribution in [2.45, 2.75) is 18.7 Å². The lowest BCUT2D eigenvalue weighted by Gasteiger charge is -2.14. The average molecular weight is 375 g/mol. The minimum atomic E-state index is -3.79. The summed E-state index contributed by atoms with van der Waals surface area (Å²) in [7, 11) is 0.0440. The van der Waals surface area contributed by atoms with Gasteiger partial charge in [0.25, 0.3) is 15.9 Å². The van der Waals surface area contributed by atoms with Crippen LogP contribution in [0.2, 0.25) is 0 Å². The molecular weight excluding hydrogens is 350 g/mol. The van der Waals surface area contributed by atoms with Crippen LogP contribution in [-0.4, -0.2) is 46.4 Å². The van der Waals surface area contributed by atoms with Gasteiger partial charge in [0.2, 0.25) is 0 Å². The summed E-state index contributed by atoms with van der Waals surface area (Å²) in [4.78, 5) is 14.2. The van der Waals surface area contributed by atoms with Crippen molar-refractivity contribution in [2.75, 3.05) is 31.9 Å². The number of aryl methyl sites for hydroxylation is 2. The topological polar surface area (TPSA) is 78.5 Å². The number of para-hydroxylation sites is 1. The van der Waals surface area contributed by atoms with Gasteiger partial charge < -0.3 is 10.2 Å². The lowest BCUT2D eigenvalue weighted by Crippen LogP contribution is -2.31. The van der Waals surface area contributed by atoms with E-state index in [1.807, 2.05) is 51.0 Å². The molecule has 140 valence electrons. The first-order valence-electron chi connectivity index (χ1n) is 8.33. The molecule has 2 aromatic rings. The van der Waals surface area contributed by atoms with Crippen molar-refractivity contribution in [3.05, 3.63) is 59.2 Å². The zero-order chi connectivity index (χ0) is 19.3. The zero-order valence-corrected chi connectivity index (χ0v) is 16.4. The second-order valence-corrected chi connectivity index (χ2v) is 8.14. The van der Waals surface area contributed by atoms with Crippen molar-refractivity contribution in [1.29, 1.82) is 0 Å². The summed E-state index contributed by atoms with van der Waals surface area (Å²) in [6, 6.07) is 11.6. The Morgan fingerprint density at radius 3 is 2.27 bits per heavy atom. The molecule has 2 rings (SSSR count). The molecule has 6 nitrogen and oxygen atoms in total. The smallest absolute Gasteiger partial charge is 0.261 e. The first-order valence-corrected chi connectivity index (χ1v) is 9.81. The fourth-order valence-electron chi connectivity index (χ4n) is 2.47. The zero-order valence-electron chi connectivity index (χ0n) is 15.5. The van der Waals surface area contributed by atoms with E-state index < -0.39 is 10.0 Å². The monoisotopic (exact) mass is 375 g/mol. The Bertz CT molecular complexity index is 872. The number of anilines is 1. The molecule has 0 aliphatic rings. The average Bonchev–Trinajstić information content (AvgIpc) is 2.58. The van der Waals surface area contributed by atoms with Gasteiger partial charge in [0.15, 0.2) is 0 Å². The van der Waals surface area contributed by atoms with Gasteiger partial charge in [-0.05, 0) is 57.3 Å². The Morgan fingerprint density at radius 1 is 1.04 bits per heavy atom. The number of hydrogen-bond donors (Lipinski definition) is 2. The largest absolute Gasteiger partial charge is 0.351 e. The van der Waals surface area contributed by atoms with Crippen LogP contribution in [0.3, 0.4) is 0 Å². The van der Waals surface area contributed by atoms with Crippen molar-refractivity contribution >= 4 is 21.6 Å². The molecular formula is C19H25N3O3S. The molecule has 0 heterocycles. The van der Waals surface area contributed by atoms with E-state index in [1.54, 1.807) is 12.1 Å². The van der Waals surface area contributed by atoms with Crippen LogP contribution in [0.15, 0.2) is 47.4 Å². The fraction of sp³-hybridized carbons (Fsp3) is 0.316. The van der Waals surface area contributed by atoms with Crippen LogP contribution in [0.1, 0.15) is 21.5 Å². The summed E-state index contributed by atoms with van der Waals surface area (Å²) in [5, 5.41) is 2.78. The lowest BCUT2D eigenvalue weighted by molar-refractivity contribution is 0.0951. The summed E-state index contributed by atoms with van der Waals surface area (Å²) < 4.78 is 28.1. The molecule has 0 aliphatic carbocycles. The summed E-state index contributed by atoms with van der Waals surface area (Å²) in [5.41, 5.74) is 2.55. The molecule has 0 bridgehead atoms. The van der Waals surface area contributed by atoms with E-state index in [1.165, 1.54) is 12.1 Å². The Labute approximate surface area is 155 Å². The molecule has 0 aromatic heterocycles. The number of rotatable bonds is 7. The first-order chi connectivity index (χ1) is 12.2. The summed E-state index contributed by atoms with van der Waals surface area (Å²) in [6.45, 7) is 4.89. The molecule has 0 fully saturated rings. The number of carbonyl (C=O) groups excluding carboxylic acids is 1. The minimum Gasteiger partial charge on any atom is -0.351 e. The predicted octanol–water partition coefficient (Wildman–Crippen LogP) is 2.40. The second kappa shape index (κ2) is 8.33. The van der Waals surface area contributed by atoms with Crippen LogP contribution in [0.5, 0.6) is 0 Å².